The van der Waals surface area contributed by atoms with Gasteiger partial charge in [0, 0.05) is 12.4 Å². The molecule has 100 valence electrons. The number of hydrogen-bond donors (Lipinski definition) is 1. The number of hydrogen-bond acceptors (Lipinski definition) is 4. The van der Waals surface area contributed by atoms with Gasteiger partial charge in [0.05, 0.1) is 23.4 Å². The molecule has 2 N–H and O–H groups in total. The number of rotatable bonds is 2. The fourth-order valence-electron chi connectivity index (χ4n) is 1.24. The fourth-order valence-corrected chi connectivity index (χ4v) is 1.42. The molecule has 0 bridgehead atoms. The Labute approximate surface area is 115 Å². The van der Waals surface area contributed by atoms with E-state index in [1.54, 1.807) is 12.3 Å². The molecule has 0 fully saturated rings. The van der Waals surface area contributed by atoms with Crippen molar-refractivity contribution in [1.29, 1.82) is 0 Å². The molecule has 2 rings (SSSR count). The molecule has 0 aliphatic carbocycles. The normalized spacial score (nSPS) is 9.21. The molecule has 2 aromatic rings. The molecule has 0 atom stereocenters. The Morgan fingerprint density at radius 1 is 1.42 bits per heavy atom. The summed E-state index contributed by atoms with van der Waals surface area (Å²) >= 11 is 5.50. The third-order valence-electron chi connectivity index (χ3n) is 2.08. The van der Waals surface area contributed by atoms with Gasteiger partial charge in [-0.05, 0) is 18.2 Å². The zero-order valence-corrected chi connectivity index (χ0v) is 10.9. The summed E-state index contributed by atoms with van der Waals surface area (Å²) in [5.74, 6) is -0.292. The Morgan fingerprint density at radius 2 is 2.16 bits per heavy atom. The van der Waals surface area contributed by atoms with Crippen LogP contribution in [-0.2, 0) is 0 Å². The average Bonchev–Trinajstić information content (AvgIpc) is 2.38. The summed E-state index contributed by atoms with van der Waals surface area (Å²) in [4.78, 5) is 14.0. The van der Waals surface area contributed by atoms with E-state index in [1.165, 1.54) is 31.5 Å². The second-order valence-electron chi connectivity index (χ2n) is 3.41. The number of carbonyl (C=O) groups excluding carboxylic acids is 1. The Bertz CT molecular complexity index is 547. The topological polar surface area (TPSA) is 65.2 Å². The quantitative estimate of drug-likeness (QED) is 0.860. The van der Waals surface area contributed by atoms with Gasteiger partial charge in [0.15, 0.2) is 6.29 Å². The predicted octanol–water partition coefficient (Wildman–Crippen LogP) is 2.96. The molecular weight excluding hydrogens is 271 g/mol. The van der Waals surface area contributed by atoms with Crippen LogP contribution in [0.1, 0.15) is 10.4 Å². The molecule has 0 radical (unpaired) electrons. The Morgan fingerprint density at radius 3 is 2.58 bits per heavy atom. The SMILES string of the molecule is COc1cccc(F)c1C=O.Nc1cncc(Cl)c1. The van der Waals surface area contributed by atoms with E-state index < -0.39 is 5.82 Å². The minimum atomic E-state index is -0.556. The summed E-state index contributed by atoms with van der Waals surface area (Å²) in [7, 11) is 1.39. The number of carbonyl (C=O) groups is 1. The number of methoxy groups -OCH3 is 1. The van der Waals surface area contributed by atoms with E-state index in [-0.39, 0.29) is 11.3 Å². The van der Waals surface area contributed by atoms with E-state index in [1.807, 2.05) is 0 Å². The highest BCUT2D eigenvalue weighted by Gasteiger charge is 2.05. The first-order chi connectivity index (χ1) is 9.08. The van der Waals surface area contributed by atoms with E-state index in [0.29, 0.717) is 17.0 Å². The van der Waals surface area contributed by atoms with E-state index in [4.69, 9.17) is 22.1 Å². The van der Waals surface area contributed by atoms with Gasteiger partial charge < -0.3 is 10.5 Å². The largest absolute Gasteiger partial charge is 0.496 e. The average molecular weight is 283 g/mol. The number of aldehydes is 1. The highest BCUT2D eigenvalue weighted by atomic mass is 35.5. The second-order valence-corrected chi connectivity index (χ2v) is 3.85. The second kappa shape index (κ2) is 7.33. The number of aromatic nitrogens is 1. The van der Waals surface area contributed by atoms with E-state index in [0.717, 1.165) is 0 Å². The lowest BCUT2D eigenvalue weighted by atomic mass is 10.2. The fraction of sp³-hybridized carbons (Fsp3) is 0.0769. The van der Waals surface area contributed by atoms with Gasteiger partial charge >= 0.3 is 0 Å². The minimum absolute atomic E-state index is 0.0324. The first kappa shape index (κ1) is 14.9. The lowest BCUT2D eigenvalue weighted by Gasteiger charge is -2.01. The summed E-state index contributed by atoms with van der Waals surface area (Å²) < 4.78 is 17.5. The maximum absolute atomic E-state index is 12.7. The number of nitrogens with zero attached hydrogens (tertiary/aromatic N) is 1. The zero-order chi connectivity index (χ0) is 14.3. The Kier molecular flexibility index (Phi) is 5.75. The van der Waals surface area contributed by atoms with Gasteiger partial charge in [-0.3, -0.25) is 9.78 Å². The zero-order valence-electron chi connectivity index (χ0n) is 10.1. The molecule has 19 heavy (non-hydrogen) atoms. The minimum Gasteiger partial charge on any atom is -0.496 e. The number of pyridine rings is 1. The van der Waals surface area contributed by atoms with Gasteiger partial charge in [-0.2, -0.15) is 0 Å². The van der Waals surface area contributed by atoms with Crippen molar-refractivity contribution >= 4 is 23.6 Å². The molecule has 0 unspecified atom stereocenters. The van der Waals surface area contributed by atoms with Gasteiger partial charge in [0.1, 0.15) is 11.6 Å². The van der Waals surface area contributed by atoms with Crippen molar-refractivity contribution in [2.45, 2.75) is 0 Å². The molecule has 0 saturated carbocycles. The molecule has 6 heteroatoms. The van der Waals surface area contributed by atoms with Crippen LogP contribution in [-0.4, -0.2) is 18.4 Å². The van der Waals surface area contributed by atoms with E-state index in [2.05, 4.69) is 4.98 Å². The first-order valence-corrected chi connectivity index (χ1v) is 5.60. The van der Waals surface area contributed by atoms with Crippen molar-refractivity contribution in [2.75, 3.05) is 12.8 Å². The third-order valence-corrected chi connectivity index (χ3v) is 2.28. The van der Waals surface area contributed by atoms with E-state index >= 15 is 0 Å². The van der Waals surface area contributed by atoms with Crippen LogP contribution < -0.4 is 10.5 Å². The molecule has 0 amide bonds. The van der Waals surface area contributed by atoms with Gasteiger partial charge in [-0.25, -0.2) is 4.39 Å². The van der Waals surface area contributed by atoms with Gasteiger partial charge in [-0.15, -0.1) is 0 Å². The van der Waals surface area contributed by atoms with Gasteiger partial charge in [0.25, 0.3) is 0 Å². The van der Waals surface area contributed by atoms with Crippen LogP contribution in [0.4, 0.5) is 10.1 Å². The first-order valence-electron chi connectivity index (χ1n) is 5.22. The van der Waals surface area contributed by atoms with Gasteiger partial charge in [-0.1, -0.05) is 17.7 Å². The van der Waals surface area contributed by atoms with Crippen molar-refractivity contribution < 1.29 is 13.9 Å². The van der Waals surface area contributed by atoms with Crippen molar-refractivity contribution in [3.05, 3.63) is 53.1 Å². The molecule has 0 aliphatic heterocycles. The molecular formula is C13H12ClFN2O2. The van der Waals surface area contributed by atoms with Crippen LogP contribution in [0, 0.1) is 5.82 Å². The summed E-state index contributed by atoms with van der Waals surface area (Å²) in [5.41, 5.74) is 5.87. The monoisotopic (exact) mass is 282 g/mol. The van der Waals surface area contributed by atoms with Crippen molar-refractivity contribution in [1.82, 2.24) is 4.98 Å². The molecule has 0 aliphatic rings. The number of anilines is 1. The smallest absolute Gasteiger partial charge is 0.156 e. The molecule has 0 saturated heterocycles. The maximum Gasteiger partial charge on any atom is 0.156 e. The molecule has 1 heterocycles. The molecule has 0 spiro atoms. The van der Waals surface area contributed by atoms with Crippen LogP contribution >= 0.6 is 11.6 Å². The summed E-state index contributed by atoms with van der Waals surface area (Å²) in [5, 5.41) is 0.574. The molecule has 1 aromatic carbocycles. The summed E-state index contributed by atoms with van der Waals surface area (Å²) in [6, 6.07) is 5.88. The van der Waals surface area contributed by atoms with Crippen LogP contribution in [0.25, 0.3) is 0 Å². The summed E-state index contributed by atoms with van der Waals surface area (Å²) in [6.45, 7) is 0. The van der Waals surface area contributed by atoms with Crippen LogP contribution in [0.2, 0.25) is 5.02 Å². The molecule has 1 aromatic heterocycles. The molecule has 4 nitrogen and oxygen atoms in total. The number of benzene rings is 1. The number of halogens is 2. The maximum atomic E-state index is 12.7. The van der Waals surface area contributed by atoms with Crippen molar-refractivity contribution in [3.8, 4) is 5.75 Å². The standard InChI is InChI=1S/C8H7FO2.C5H5ClN2/c1-11-8-4-2-3-7(9)6(8)5-10;6-4-1-5(7)3-8-2-4/h2-5H,1H3;1-3H,7H2. The summed E-state index contributed by atoms with van der Waals surface area (Å²) in [6.07, 6.45) is 3.53. The lowest BCUT2D eigenvalue weighted by Crippen LogP contribution is -1.93. The number of ether oxygens (including phenoxy) is 1. The highest BCUT2D eigenvalue weighted by Crippen LogP contribution is 2.18. The van der Waals surface area contributed by atoms with Gasteiger partial charge in [0.2, 0.25) is 0 Å². The predicted molar refractivity (Wildman–Crippen MR) is 72.0 cm³/mol. The van der Waals surface area contributed by atoms with Crippen LogP contribution in [0.15, 0.2) is 36.7 Å². The Balaban J connectivity index is 0.000000200. The van der Waals surface area contributed by atoms with Crippen LogP contribution in [0.3, 0.4) is 0 Å². The highest BCUT2D eigenvalue weighted by molar-refractivity contribution is 6.30. The number of nitrogens with two attached hydrogens (primary N) is 1. The lowest BCUT2D eigenvalue weighted by molar-refractivity contribution is 0.111. The third kappa shape index (κ3) is 4.56. The Hall–Kier alpha value is -2.14. The number of nitrogen functional groups attached to an aromatic ring is 1. The van der Waals surface area contributed by atoms with Crippen LogP contribution in [0.5, 0.6) is 5.75 Å². The van der Waals surface area contributed by atoms with Crippen molar-refractivity contribution in [3.63, 3.8) is 0 Å². The van der Waals surface area contributed by atoms with Crippen molar-refractivity contribution in [2.24, 2.45) is 0 Å². The van der Waals surface area contributed by atoms with E-state index in [9.17, 15) is 9.18 Å².